The van der Waals surface area contributed by atoms with Gasteiger partial charge in [-0.3, -0.25) is 14.5 Å². The number of pyridine rings is 2. The van der Waals surface area contributed by atoms with Crippen LogP contribution in [0, 0.1) is 13.0 Å². The fourth-order valence-corrected chi connectivity index (χ4v) is 3.31. The SMILES string of the molecule is Cc1[c]ccc(-c2n[nH]cc2-c2ccc3ncc(-c4ccccn4)n3c2)c1. The van der Waals surface area contributed by atoms with Crippen molar-refractivity contribution in [2.75, 3.05) is 0 Å². The van der Waals surface area contributed by atoms with Crippen molar-refractivity contribution in [2.24, 2.45) is 0 Å². The quantitative estimate of drug-likeness (QED) is 0.519. The normalized spacial score (nSPS) is 11.1. The summed E-state index contributed by atoms with van der Waals surface area (Å²) >= 11 is 0. The first-order chi connectivity index (χ1) is 13.3. The lowest BCUT2D eigenvalue weighted by molar-refractivity contribution is 1.09. The second-order valence-corrected chi connectivity index (χ2v) is 6.41. The minimum Gasteiger partial charge on any atom is -0.298 e. The van der Waals surface area contributed by atoms with Crippen LogP contribution >= 0.6 is 0 Å². The van der Waals surface area contributed by atoms with Crippen molar-refractivity contribution in [3.05, 3.63) is 84.9 Å². The molecule has 1 aromatic carbocycles. The lowest BCUT2D eigenvalue weighted by Gasteiger charge is -2.06. The monoisotopic (exact) mass is 350 g/mol. The first-order valence-corrected chi connectivity index (χ1v) is 8.71. The molecule has 27 heavy (non-hydrogen) atoms. The zero-order valence-corrected chi connectivity index (χ0v) is 14.7. The van der Waals surface area contributed by atoms with E-state index in [1.165, 1.54) is 0 Å². The number of aromatic amines is 1. The van der Waals surface area contributed by atoms with Crippen LogP contribution in [0.2, 0.25) is 0 Å². The smallest absolute Gasteiger partial charge is 0.137 e. The van der Waals surface area contributed by atoms with Crippen LogP contribution in [0.4, 0.5) is 0 Å². The highest BCUT2D eigenvalue weighted by Crippen LogP contribution is 2.31. The third kappa shape index (κ3) is 2.69. The third-order valence-electron chi connectivity index (χ3n) is 4.60. The Hall–Kier alpha value is -3.73. The molecule has 5 rings (SSSR count). The fourth-order valence-electron chi connectivity index (χ4n) is 3.31. The van der Waals surface area contributed by atoms with Crippen molar-refractivity contribution in [1.82, 2.24) is 24.6 Å². The molecule has 0 unspecified atom stereocenters. The van der Waals surface area contributed by atoms with Crippen LogP contribution < -0.4 is 0 Å². The molecule has 5 nitrogen and oxygen atoms in total. The average Bonchev–Trinajstić information content (AvgIpc) is 3.35. The summed E-state index contributed by atoms with van der Waals surface area (Å²) in [5.74, 6) is 0. The van der Waals surface area contributed by atoms with E-state index in [0.29, 0.717) is 0 Å². The number of hydrogen-bond acceptors (Lipinski definition) is 3. The standard InChI is InChI=1S/C22H16N5/c1-15-5-4-6-16(11-15)22-18(12-25-26-22)17-8-9-21-24-13-20(27(21)14-17)19-7-2-3-10-23-19/h2-4,6-14H,1H3,(H,25,26). The molecule has 0 saturated carbocycles. The minimum absolute atomic E-state index is 0.884. The van der Waals surface area contributed by atoms with Gasteiger partial charge in [-0.05, 0) is 48.9 Å². The van der Waals surface area contributed by atoms with Crippen molar-refractivity contribution in [3.8, 4) is 33.8 Å². The van der Waals surface area contributed by atoms with Crippen molar-refractivity contribution in [1.29, 1.82) is 0 Å². The molecule has 0 aliphatic carbocycles. The highest BCUT2D eigenvalue weighted by Gasteiger charge is 2.13. The molecular weight excluding hydrogens is 334 g/mol. The first-order valence-electron chi connectivity index (χ1n) is 8.71. The van der Waals surface area contributed by atoms with Crippen LogP contribution in [-0.4, -0.2) is 24.6 Å². The van der Waals surface area contributed by atoms with E-state index in [1.54, 1.807) is 6.20 Å². The van der Waals surface area contributed by atoms with Gasteiger partial charge in [-0.15, -0.1) is 0 Å². The second kappa shape index (κ2) is 6.21. The van der Waals surface area contributed by atoms with Gasteiger partial charge in [0.05, 0.1) is 23.3 Å². The molecule has 0 aliphatic heterocycles. The molecule has 0 spiro atoms. The van der Waals surface area contributed by atoms with Crippen LogP contribution in [0.15, 0.2) is 73.3 Å². The Labute approximate surface area is 156 Å². The van der Waals surface area contributed by atoms with E-state index in [0.717, 1.165) is 45.0 Å². The maximum absolute atomic E-state index is 4.51. The number of fused-ring (bicyclic) bond motifs is 1. The zero-order valence-electron chi connectivity index (χ0n) is 14.7. The van der Waals surface area contributed by atoms with E-state index in [9.17, 15) is 0 Å². The Bertz CT molecular complexity index is 1230. The number of rotatable bonds is 3. The van der Waals surface area contributed by atoms with Crippen LogP contribution in [0.1, 0.15) is 5.56 Å². The minimum atomic E-state index is 0.884. The topological polar surface area (TPSA) is 58.9 Å². The summed E-state index contributed by atoms with van der Waals surface area (Å²) in [6.45, 7) is 2.03. The predicted molar refractivity (Wildman–Crippen MR) is 105 cm³/mol. The van der Waals surface area contributed by atoms with Crippen molar-refractivity contribution < 1.29 is 0 Å². The fraction of sp³-hybridized carbons (Fsp3) is 0.0455. The second-order valence-electron chi connectivity index (χ2n) is 6.41. The molecule has 5 heteroatoms. The van der Waals surface area contributed by atoms with Gasteiger partial charge in [0.15, 0.2) is 0 Å². The van der Waals surface area contributed by atoms with Gasteiger partial charge >= 0.3 is 0 Å². The van der Waals surface area contributed by atoms with Gasteiger partial charge in [-0.25, -0.2) is 4.98 Å². The Morgan fingerprint density at radius 1 is 1.04 bits per heavy atom. The van der Waals surface area contributed by atoms with Gasteiger partial charge in [-0.1, -0.05) is 18.2 Å². The van der Waals surface area contributed by atoms with Gasteiger partial charge < -0.3 is 0 Å². The van der Waals surface area contributed by atoms with Crippen LogP contribution in [0.3, 0.4) is 0 Å². The summed E-state index contributed by atoms with van der Waals surface area (Å²) in [6, 6.07) is 19.2. The molecule has 0 amide bonds. The Morgan fingerprint density at radius 2 is 2.00 bits per heavy atom. The van der Waals surface area contributed by atoms with Gasteiger partial charge in [0.2, 0.25) is 0 Å². The molecule has 4 aromatic heterocycles. The average molecular weight is 350 g/mol. The number of benzene rings is 1. The predicted octanol–water partition coefficient (Wildman–Crippen LogP) is 4.56. The molecule has 0 atom stereocenters. The van der Waals surface area contributed by atoms with E-state index < -0.39 is 0 Å². The maximum Gasteiger partial charge on any atom is 0.137 e. The summed E-state index contributed by atoms with van der Waals surface area (Å²) in [4.78, 5) is 8.96. The highest BCUT2D eigenvalue weighted by atomic mass is 15.1. The van der Waals surface area contributed by atoms with Gasteiger partial charge in [0.25, 0.3) is 0 Å². The largest absolute Gasteiger partial charge is 0.298 e. The Morgan fingerprint density at radius 3 is 2.85 bits per heavy atom. The lowest BCUT2D eigenvalue weighted by atomic mass is 10.0. The van der Waals surface area contributed by atoms with Crippen molar-refractivity contribution in [2.45, 2.75) is 6.92 Å². The van der Waals surface area contributed by atoms with Crippen molar-refractivity contribution in [3.63, 3.8) is 0 Å². The lowest BCUT2D eigenvalue weighted by Crippen LogP contribution is -1.92. The van der Waals surface area contributed by atoms with Gasteiger partial charge in [0.1, 0.15) is 5.65 Å². The summed E-state index contributed by atoms with van der Waals surface area (Å²) in [6.07, 6.45) is 7.66. The number of hydrogen-bond donors (Lipinski definition) is 1. The molecule has 0 bridgehead atoms. The van der Waals surface area contributed by atoms with Crippen LogP contribution in [0.25, 0.3) is 39.4 Å². The number of nitrogens with one attached hydrogen (secondary N) is 1. The Balaban J connectivity index is 1.66. The molecule has 1 N–H and O–H groups in total. The number of H-pyrrole nitrogens is 1. The number of aromatic nitrogens is 5. The number of imidazole rings is 1. The molecule has 129 valence electrons. The van der Waals surface area contributed by atoms with Crippen molar-refractivity contribution >= 4 is 5.65 Å². The third-order valence-corrected chi connectivity index (χ3v) is 4.60. The molecule has 4 heterocycles. The maximum atomic E-state index is 4.51. The summed E-state index contributed by atoms with van der Waals surface area (Å²) in [5.41, 5.74) is 7.92. The molecule has 0 aliphatic rings. The summed E-state index contributed by atoms with van der Waals surface area (Å²) < 4.78 is 2.07. The van der Waals surface area contributed by atoms with E-state index in [1.807, 2.05) is 55.7 Å². The van der Waals surface area contributed by atoms with Gasteiger partial charge in [0, 0.05) is 35.3 Å². The molecule has 0 fully saturated rings. The van der Waals surface area contributed by atoms with E-state index in [4.69, 9.17) is 0 Å². The number of aryl methyl sites for hydroxylation is 1. The number of nitrogens with zero attached hydrogens (tertiary/aromatic N) is 4. The molecule has 1 radical (unpaired) electrons. The van der Waals surface area contributed by atoms with E-state index in [-0.39, 0.29) is 0 Å². The van der Waals surface area contributed by atoms with E-state index >= 15 is 0 Å². The van der Waals surface area contributed by atoms with Gasteiger partial charge in [-0.2, -0.15) is 5.10 Å². The summed E-state index contributed by atoms with van der Waals surface area (Å²) in [5, 5.41) is 7.48. The molecule has 5 aromatic rings. The van der Waals surface area contributed by atoms with E-state index in [2.05, 4.69) is 49.0 Å². The summed E-state index contributed by atoms with van der Waals surface area (Å²) in [7, 11) is 0. The molecule has 0 saturated heterocycles. The highest BCUT2D eigenvalue weighted by molar-refractivity contribution is 5.81. The Kier molecular flexibility index (Phi) is 3.57. The first kappa shape index (κ1) is 15.5. The zero-order chi connectivity index (χ0) is 18.2. The van der Waals surface area contributed by atoms with Crippen LogP contribution in [-0.2, 0) is 0 Å². The van der Waals surface area contributed by atoms with Crippen LogP contribution in [0.5, 0.6) is 0 Å². The molecular formula is C22H16N5.